The zero-order valence-corrected chi connectivity index (χ0v) is 17.2. The summed E-state index contributed by atoms with van der Waals surface area (Å²) >= 11 is 1.70. The molecule has 0 aliphatic heterocycles. The topological polar surface area (TPSA) is 47.9 Å². The van der Waals surface area contributed by atoms with Crippen LogP contribution in [0.4, 0.5) is 5.69 Å². The van der Waals surface area contributed by atoms with Crippen molar-refractivity contribution in [2.75, 3.05) is 14.2 Å². The molecule has 0 N–H and O–H groups in total. The second-order valence-electron chi connectivity index (χ2n) is 6.81. The normalized spacial score (nSPS) is 15.5. The average Bonchev–Trinajstić information content (AvgIpc) is 3.55. The van der Waals surface area contributed by atoms with Crippen LogP contribution >= 0.6 is 11.8 Å². The lowest BCUT2D eigenvalue weighted by molar-refractivity contribution is -0.133. The molecule has 146 valence electrons. The van der Waals surface area contributed by atoms with E-state index in [1.165, 1.54) is 38.9 Å². The number of aryl methyl sites for hydroxylation is 1. The number of hydrogen-bond acceptors (Lipinski definition) is 5. The third-order valence-corrected chi connectivity index (χ3v) is 5.85. The monoisotopic (exact) mass is 395 g/mol. The minimum absolute atomic E-state index is 0.232. The van der Waals surface area contributed by atoms with Crippen molar-refractivity contribution in [2.45, 2.75) is 25.0 Å². The average molecular weight is 396 g/mol. The van der Waals surface area contributed by atoms with Gasteiger partial charge in [0.2, 0.25) is 0 Å². The van der Waals surface area contributed by atoms with Crippen molar-refractivity contribution in [1.29, 1.82) is 0 Å². The Balaban J connectivity index is 1.87. The van der Waals surface area contributed by atoms with E-state index >= 15 is 0 Å². The predicted octanol–water partition coefficient (Wildman–Crippen LogP) is 5.70. The Bertz CT molecular complexity index is 870. The third kappa shape index (κ3) is 5.04. The molecule has 5 heteroatoms. The second kappa shape index (κ2) is 9.60. The van der Waals surface area contributed by atoms with Gasteiger partial charge in [-0.2, -0.15) is 0 Å². The first-order valence-electron chi connectivity index (χ1n) is 9.29. The van der Waals surface area contributed by atoms with Crippen LogP contribution in [-0.2, 0) is 14.3 Å². The molecular weight excluding hydrogens is 370 g/mol. The first-order valence-corrected chi connectivity index (χ1v) is 10.2. The number of rotatable bonds is 8. The maximum Gasteiger partial charge on any atom is 0.341 e. The van der Waals surface area contributed by atoms with Crippen LogP contribution in [-0.4, -0.2) is 25.7 Å². The molecule has 0 heterocycles. The van der Waals surface area contributed by atoms with E-state index in [0.29, 0.717) is 11.5 Å². The summed E-state index contributed by atoms with van der Waals surface area (Å²) in [6.45, 7) is 2.06. The molecule has 2 aromatic carbocycles. The van der Waals surface area contributed by atoms with E-state index in [0.717, 1.165) is 16.8 Å². The number of hydrogen-bond donors (Lipinski definition) is 0. The van der Waals surface area contributed by atoms with E-state index in [-0.39, 0.29) is 5.25 Å². The van der Waals surface area contributed by atoms with Crippen molar-refractivity contribution in [2.24, 2.45) is 10.9 Å². The summed E-state index contributed by atoms with van der Waals surface area (Å²) in [6.07, 6.45) is 3.83. The smallest absolute Gasteiger partial charge is 0.341 e. The molecule has 3 rings (SSSR count). The molecule has 0 amide bonds. The quantitative estimate of drug-likeness (QED) is 0.189. The Morgan fingerprint density at radius 2 is 1.86 bits per heavy atom. The van der Waals surface area contributed by atoms with Crippen molar-refractivity contribution in [3.05, 3.63) is 71.5 Å². The van der Waals surface area contributed by atoms with Crippen LogP contribution in [0.25, 0.3) is 5.57 Å². The Kier molecular flexibility index (Phi) is 6.93. The van der Waals surface area contributed by atoms with Gasteiger partial charge in [-0.3, -0.25) is 4.99 Å². The van der Waals surface area contributed by atoms with Gasteiger partial charge in [0.05, 0.1) is 31.7 Å². The highest BCUT2D eigenvalue weighted by atomic mass is 32.2. The number of methoxy groups -OCH3 is 2. The van der Waals surface area contributed by atoms with Crippen molar-refractivity contribution in [3.63, 3.8) is 0 Å². The Morgan fingerprint density at radius 3 is 2.50 bits per heavy atom. The molecule has 1 unspecified atom stereocenters. The van der Waals surface area contributed by atoms with Gasteiger partial charge in [-0.1, -0.05) is 42.0 Å². The van der Waals surface area contributed by atoms with Crippen LogP contribution in [0.1, 0.15) is 34.8 Å². The van der Waals surface area contributed by atoms with Crippen LogP contribution in [0.5, 0.6) is 0 Å². The van der Waals surface area contributed by atoms with Crippen molar-refractivity contribution >= 4 is 34.5 Å². The van der Waals surface area contributed by atoms with Gasteiger partial charge in [-0.25, -0.2) is 4.79 Å². The molecule has 1 aliphatic rings. The van der Waals surface area contributed by atoms with E-state index in [2.05, 4.69) is 30.1 Å². The number of ether oxygens (including phenoxy) is 2. The number of nitrogens with zero attached hydrogens (tertiary/aromatic N) is 1. The lowest BCUT2D eigenvalue weighted by Gasteiger charge is -2.19. The predicted molar refractivity (Wildman–Crippen MR) is 116 cm³/mol. The molecule has 0 bridgehead atoms. The fourth-order valence-electron chi connectivity index (χ4n) is 3.06. The SMILES string of the molecule is COC=C(C(=O)OC)c1ccccc1C(SC=Nc1ccc(C)cc1)C1CC1. The zero-order chi connectivity index (χ0) is 19.9. The molecule has 0 saturated heterocycles. The summed E-state index contributed by atoms with van der Waals surface area (Å²) in [5, 5.41) is 0.232. The van der Waals surface area contributed by atoms with E-state index < -0.39 is 5.97 Å². The van der Waals surface area contributed by atoms with Gasteiger partial charge in [0.1, 0.15) is 5.57 Å². The van der Waals surface area contributed by atoms with Crippen LogP contribution in [0.3, 0.4) is 0 Å². The summed E-state index contributed by atoms with van der Waals surface area (Å²) in [6, 6.07) is 16.1. The zero-order valence-electron chi connectivity index (χ0n) is 16.4. The Hall–Kier alpha value is -2.53. The Morgan fingerprint density at radius 1 is 1.14 bits per heavy atom. The van der Waals surface area contributed by atoms with Gasteiger partial charge in [0, 0.05) is 5.25 Å². The van der Waals surface area contributed by atoms with Gasteiger partial charge in [0.25, 0.3) is 0 Å². The highest BCUT2D eigenvalue weighted by Gasteiger charge is 2.34. The molecule has 28 heavy (non-hydrogen) atoms. The third-order valence-electron chi connectivity index (χ3n) is 4.69. The minimum atomic E-state index is -0.401. The van der Waals surface area contributed by atoms with Gasteiger partial charge >= 0.3 is 5.97 Å². The number of thioether (sulfide) groups is 1. The summed E-state index contributed by atoms with van der Waals surface area (Å²) in [5.74, 6) is 0.180. The molecule has 1 saturated carbocycles. The van der Waals surface area contributed by atoms with E-state index in [9.17, 15) is 4.79 Å². The summed E-state index contributed by atoms with van der Waals surface area (Å²) in [5.41, 5.74) is 6.47. The second-order valence-corrected chi connectivity index (χ2v) is 7.80. The summed E-state index contributed by atoms with van der Waals surface area (Å²) < 4.78 is 10.1. The lowest BCUT2D eigenvalue weighted by Crippen LogP contribution is -2.09. The van der Waals surface area contributed by atoms with Gasteiger partial charge < -0.3 is 9.47 Å². The van der Waals surface area contributed by atoms with Crippen LogP contribution < -0.4 is 0 Å². The van der Waals surface area contributed by atoms with Crippen LogP contribution in [0, 0.1) is 12.8 Å². The highest BCUT2D eigenvalue weighted by molar-refractivity contribution is 8.12. The maximum absolute atomic E-state index is 12.3. The lowest BCUT2D eigenvalue weighted by atomic mass is 9.96. The fraction of sp³-hybridized carbons (Fsp3) is 0.304. The van der Waals surface area contributed by atoms with Gasteiger partial charge in [-0.05, 0) is 48.9 Å². The summed E-state index contributed by atoms with van der Waals surface area (Å²) in [4.78, 5) is 16.9. The first-order chi connectivity index (χ1) is 13.6. The molecule has 0 aromatic heterocycles. The maximum atomic E-state index is 12.3. The Labute approximate surface area is 170 Å². The molecule has 0 spiro atoms. The molecule has 0 radical (unpaired) electrons. The van der Waals surface area contributed by atoms with Crippen molar-refractivity contribution in [3.8, 4) is 0 Å². The largest absolute Gasteiger partial charge is 0.503 e. The summed E-state index contributed by atoms with van der Waals surface area (Å²) in [7, 11) is 2.92. The van der Waals surface area contributed by atoms with Crippen molar-refractivity contribution < 1.29 is 14.3 Å². The molecule has 1 aliphatic carbocycles. The van der Waals surface area contributed by atoms with E-state index in [1.54, 1.807) is 11.8 Å². The van der Waals surface area contributed by atoms with E-state index in [4.69, 9.17) is 9.47 Å². The standard InChI is InChI=1S/C23H25NO3S/c1-16-8-12-18(13-9-16)24-15-28-22(17-10-11-17)20-7-5-4-6-19(20)21(14-26-2)23(25)27-3/h4-9,12-15,17,22H,10-11H2,1-3H3. The van der Waals surface area contributed by atoms with E-state index in [1.807, 2.05) is 35.9 Å². The van der Waals surface area contributed by atoms with Crippen LogP contribution in [0.2, 0.25) is 0 Å². The minimum Gasteiger partial charge on any atom is -0.503 e. The number of esters is 1. The van der Waals surface area contributed by atoms with Gasteiger partial charge in [-0.15, -0.1) is 11.8 Å². The molecule has 1 atom stereocenters. The number of benzene rings is 2. The van der Waals surface area contributed by atoms with Crippen LogP contribution in [0.15, 0.2) is 59.8 Å². The number of aliphatic imine (C=N–C) groups is 1. The highest BCUT2D eigenvalue weighted by Crippen LogP contribution is 2.50. The van der Waals surface area contributed by atoms with Gasteiger partial charge in [0.15, 0.2) is 0 Å². The fourth-order valence-corrected chi connectivity index (χ4v) is 4.22. The number of carbonyl (C=O) groups excluding carboxylic acids is 1. The molecule has 1 fully saturated rings. The first kappa shape index (κ1) is 20.2. The van der Waals surface area contributed by atoms with Crippen molar-refractivity contribution in [1.82, 2.24) is 0 Å². The molecule has 4 nitrogen and oxygen atoms in total. The molecular formula is C23H25NO3S. The molecule has 2 aromatic rings. The number of carbonyl (C=O) groups is 1.